The zero-order valence-electron chi connectivity index (χ0n) is 7.97. The number of carbonyl (C=O) groups excluding carboxylic acids is 1. The molecule has 2 nitrogen and oxygen atoms in total. The van der Waals surface area contributed by atoms with Crippen LogP contribution in [0.15, 0.2) is 22.7 Å². The summed E-state index contributed by atoms with van der Waals surface area (Å²) in [5, 5.41) is 0. The minimum absolute atomic E-state index is 0.0320. The maximum absolute atomic E-state index is 11.1. The molecule has 70 valence electrons. The number of hydrogen-bond donors (Lipinski definition) is 0. The molecule has 0 saturated carbocycles. The van der Waals surface area contributed by atoms with Crippen LogP contribution >= 0.6 is 15.9 Å². The summed E-state index contributed by atoms with van der Waals surface area (Å²) >= 11 is 3.42. The molecule has 1 amide bonds. The first-order chi connectivity index (χ1) is 6.02. The van der Waals surface area contributed by atoms with Gasteiger partial charge in [-0.1, -0.05) is 6.07 Å². The van der Waals surface area contributed by atoms with E-state index >= 15 is 0 Å². The second-order valence-electron chi connectivity index (χ2n) is 3.03. The molecular formula is C10H12BrNO. The number of amides is 1. The van der Waals surface area contributed by atoms with Gasteiger partial charge in [0.25, 0.3) is 0 Å². The Hall–Kier alpha value is -0.830. The molecule has 0 bridgehead atoms. The van der Waals surface area contributed by atoms with Crippen LogP contribution in [-0.4, -0.2) is 13.0 Å². The molecule has 0 saturated heterocycles. The van der Waals surface area contributed by atoms with Crippen LogP contribution in [-0.2, 0) is 4.79 Å². The molecule has 3 heteroatoms. The number of aryl methyl sites for hydroxylation is 1. The van der Waals surface area contributed by atoms with Crippen LogP contribution in [0, 0.1) is 6.92 Å². The topological polar surface area (TPSA) is 20.3 Å². The first kappa shape index (κ1) is 10.3. The molecule has 0 spiro atoms. The molecule has 1 aromatic carbocycles. The molecule has 0 heterocycles. The Bertz CT molecular complexity index is 336. The number of halogens is 1. The number of benzene rings is 1. The predicted molar refractivity (Wildman–Crippen MR) is 58.0 cm³/mol. The van der Waals surface area contributed by atoms with Gasteiger partial charge in [0.2, 0.25) is 5.91 Å². The van der Waals surface area contributed by atoms with Crippen molar-refractivity contribution in [2.75, 3.05) is 11.9 Å². The molecule has 0 aliphatic carbocycles. The summed E-state index contributed by atoms with van der Waals surface area (Å²) < 4.78 is 0.949. The fraction of sp³-hybridized carbons (Fsp3) is 0.300. The highest BCUT2D eigenvalue weighted by atomic mass is 79.9. The Morgan fingerprint density at radius 2 is 2.08 bits per heavy atom. The molecule has 1 rings (SSSR count). The fourth-order valence-electron chi connectivity index (χ4n) is 1.05. The molecule has 0 radical (unpaired) electrons. The van der Waals surface area contributed by atoms with Crippen molar-refractivity contribution in [3.05, 3.63) is 28.2 Å². The quantitative estimate of drug-likeness (QED) is 0.741. The van der Waals surface area contributed by atoms with Crippen molar-refractivity contribution in [3.63, 3.8) is 0 Å². The van der Waals surface area contributed by atoms with Gasteiger partial charge in [0, 0.05) is 18.4 Å². The van der Waals surface area contributed by atoms with Crippen molar-refractivity contribution in [2.45, 2.75) is 13.8 Å². The molecular weight excluding hydrogens is 230 g/mol. The van der Waals surface area contributed by atoms with Crippen molar-refractivity contribution in [1.82, 2.24) is 0 Å². The van der Waals surface area contributed by atoms with Crippen molar-refractivity contribution in [2.24, 2.45) is 0 Å². The second-order valence-corrected chi connectivity index (χ2v) is 3.89. The molecule has 0 aliphatic rings. The van der Waals surface area contributed by atoms with Gasteiger partial charge in [-0.3, -0.25) is 4.79 Å². The Labute approximate surface area is 86.7 Å². The summed E-state index contributed by atoms with van der Waals surface area (Å²) in [6.45, 7) is 3.56. The van der Waals surface area contributed by atoms with Crippen molar-refractivity contribution < 1.29 is 4.79 Å². The van der Waals surface area contributed by atoms with Gasteiger partial charge in [0.1, 0.15) is 0 Å². The highest BCUT2D eigenvalue weighted by molar-refractivity contribution is 9.10. The summed E-state index contributed by atoms with van der Waals surface area (Å²) in [4.78, 5) is 12.7. The largest absolute Gasteiger partial charge is 0.315 e. The second kappa shape index (κ2) is 3.92. The Kier molecular flexibility index (Phi) is 3.09. The van der Waals surface area contributed by atoms with E-state index in [4.69, 9.17) is 0 Å². The average molecular weight is 242 g/mol. The van der Waals surface area contributed by atoms with Crippen molar-refractivity contribution >= 4 is 27.5 Å². The lowest BCUT2D eigenvalue weighted by Gasteiger charge is -2.16. The Morgan fingerprint density at radius 1 is 1.46 bits per heavy atom. The molecule has 0 fully saturated rings. The SMILES string of the molecule is CC(=O)N(C)c1ccc(C)cc1Br. The van der Waals surface area contributed by atoms with E-state index in [0.29, 0.717) is 0 Å². The van der Waals surface area contributed by atoms with Gasteiger partial charge >= 0.3 is 0 Å². The molecule has 0 aromatic heterocycles. The normalized spacial score (nSPS) is 9.85. The van der Waals surface area contributed by atoms with Gasteiger partial charge in [-0.25, -0.2) is 0 Å². The van der Waals surface area contributed by atoms with Crippen LogP contribution in [0.5, 0.6) is 0 Å². The molecule has 13 heavy (non-hydrogen) atoms. The monoisotopic (exact) mass is 241 g/mol. The molecule has 0 atom stereocenters. The highest BCUT2D eigenvalue weighted by Gasteiger charge is 2.08. The third-order valence-corrected chi connectivity index (χ3v) is 2.57. The standard InChI is InChI=1S/C10H12BrNO/c1-7-4-5-10(9(11)6-7)12(3)8(2)13/h4-6H,1-3H3. The highest BCUT2D eigenvalue weighted by Crippen LogP contribution is 2.26. The van der Waals surface area contributed by atoms with Gasteiger partial charge < -0.3 is 4.90 Å². The summed E-state index contributed by atoms with van der Waals surface area (Å²) in [5.74, 6) is 0.0320. The number of nitrogens with zero attached hydrogens (tertiary/aromatic N) is 1. The van der Waals surface area contributed by atoms with E-state index in [1.54, 1.807) is 18.9 Å². The lowest BCUT2D eigenvalue weighted by molar-refractivity contribution is -0.116. The van der Waals surface area contributed by atoms with E-state index in [-0.39, 0.29) is 5.91 Å². The van der Waals surface area contributed by atoms with Gasteiger partial charge in [0.15, 0.2) is 0 Å². The van der Waals surface area contributed by atoms with E-state index < -0.39 is 0 Å². The maximum Gasteiger partial charge on any atom is 0.223 e. The third-order valence-electron chi connectivity index (χ3n) is 1.94. The number of hydrogen-bond acceptors (Lipinski definition) is 1. The summed E-state index contributed by atoms with van der Waals surface area (Å²) in [6.07, 6.45) is 0. The molecule has 0 unspecified atom stereocenters. The molecule has 0 N–H and O–H groups in total. The molecule has 0 aliphatic heterocycles. The number of anilines is 1. The number of rotatable bonds is 1. The lowest BCUT2D eigenvalue weighted by Crippen LogP contribution is -2.23. The van der Waals surface area contributed by atoms with Crippen LogP contribution in [0.4, 0.5) is 5.69 Å². The lowest BCUT2D eigenvalue weighted by atomic mass is 10.2. The first-order valence-corrected chi connectivity index (χ1v) is 4.82. The molecule has 1 aromatic rings. The van der Waals surface area contributed by atoms with Gasteiger partial charge in [-0.15, -0.1) is 0 Å². The minimum Gasteiger partial charge on any atom is -0.315 e. The third kappa shape index (κ3) is 2.31. The number of carbonyl (C=O) groups is 1. The van der Waals surface area contributed by atoms with E-state index in [1.165, 1.54) is 5.56 Å². The van der Waals surface area contributed by atoms with Crippen LogP contribution in [0.2, 0.25) is 0 Å². The van der Waals surface area contributed by atoms with E-state index in [9.17, 15) is 4.79 Å². The zero-order chi connectivity index (χ0) is 10.0. The first-order valence-electron chi connectivity index (χ1n) is 4.03. The zero-order valence-corrected chi connectivity index (χ0v) is 9.55. The summed E-state index contributed by atoms with van der Waals surface area (Å²) in [5.41, 5.74) is 2.07. The maximum atomic E-state index is 11.1. The summed E-state index contributed by atoms with van der Waals surface area (Å²) in [7, 11) is 1.76. The minimum atomic E-state index is 0.0320. The fourth-order valence-corrected chi connectivity index (χ4v) is 1.81. The van der Waals surface area contributed by atoms with E-state index in [2.05, 4.69) is 15.9 Å². The Morgan fingerprint density at radius 3 is 2.54 bits per heavy atom. The van der Waals surface area contributed by atoms with Crippen LogP contribution < -0.4 is 4.90 Å². The van der Waals surface area contributed by atoms with E-state index in [0.717, 1.165) is 10.2 Å². The van der Waals surface area contributed by atoms with Crippen LogP contribution in [0.25, 0.3) is 0 Å². The Balaban J connectivity index is 3.08. The van der Waals surface area contributed by atoms with Crippen LogP contribution in [0.3, 0.4) is 0 Å². The van der Waals surface area contributed by atoms with Crippen molar-refractivity contribution in [1.29, 1.82) is 0 Å². The average Bonchev–Trinajstić information content (AvgIpc) is 2.03. The van der Waals surface area contributed by atoms with Gasteiger partial charge in [-0.05, 0) is 40.5 Å². The smallest absolute Gasteiger partial charge is 0.223 e. The van der Waals surface area contributed by atoms with Crippen LogP contribution in [0.1, 0.15) is 12.5 Å². The summed E-state index contributed by atoms with van der Waals surface area (Å²) in [6, 6.07) is 5.91. The van der Waals surface area contributed by atoms with Gasteiger partial charge in [0.05, 0.1) is 5.69 Å². The van der Waals surface area contributed by atoms with Gasteiger partial charge in [-0.2, -0.15) is 0 Å². The van der Waals surface area contributed by atoms with E-state index in [1.807, 2.05) is 25.1 Å². The van der Waals surface area contributed by atoms with Crippen molar-refractivity contribution in [3.8, 4) is 0 Å². The predicted octanol–water partition coefficient (Wildman–Crippen LogP) is 2.74.